The Balaban J connectivity index is 1.70. The molecule has 202 valence electrons. The molecule has 3 rings (SSSR count). The van der Waals surface area contributed by atoms with E-state index in [-0.39, 0.29) is 36.8 Å². The molecule has 0 saturated carbocycles. The highest BCUT2D eigenvalue weighted by atomic mass is 32.1. The van der Waals surface area contributed by atoms with Gasteiger partial charge in [-0.2, -0.15) is 12.6 Å². The minimum atomic E-state index is -1.25. The number of rotatable bonds is 14. The number of fused-ring (bicyclic) bond motifs is 1. The number of carboxylic acid groups (broad SMARTS) is 2. The molecule has 0 fully saturated rings. The van der Waals surface area contributed by atoms with Crippen molar-refractivity contribution in [2.75, 3.05) is 12.3 Å². The first kappa shape index (κ1) is 28.5. The molecule has 1 heterocycles. The van der Waals surface area contributed by atoms with Crippen molar-refractivity contribution in [1.82, 2.24) is 20.9 Å². The summed E-state index contributed by atoms with van der Waals surface area (Å²) in [4.78, 5) is 51.7. The van der Waals surface area contributed by atoms with E-state index in [1.165, 1.54) is 12.1 Å². The number of aliphatic carboxylic acids is 2. The van der Waals surface area contributed by atoms with E-state index in [1.807, 2.05) is 24.3 Å². The van der Waals surface area contributed by atoms with Crippen molar-refractivity contribution in [2.45, 2.75) is 37.4 Å². The number of benzene rings is 2. The number of phenolic OH excluding ortho intramolecular Hbond substituents is 1. The number of thiol groups is 1. The quantitative estimate of drug-likeness (QED) is 0.139. The molecule has 0 radical (unpaired) electrons. The molecule has 3 unspecified atom stereocenters. The van der Waals surface area contributed by atoms with Crippen LogP contribution < -0.4 is 16.0 Å². The third-order valence-corrected chi connectivity index (χ3v) is 6.28. The number of para-hydroxylation sites is 1. The molecule has 0 saturated heterocycles. The van der Waals surface area contributed by atoms with Gasteiger partial charge in [0.2, 0.25) is 11.8 Å². The van der Waals surface area contributed by atoms with Crippen LogP contribution >= 0.6 is 12.6 Å². The van der Waals surface area contributed by atoms with Crippen LogP contribution in [0.15, 0.2) is 54.7 Å². The van der Waals surface area contributed by atoms with E-state index in [4.69, 9.17) is 0 Å². The van der Waals surface area contributed by atoms with Crippen molar-refractivity contribution in [3.63, 3.8) is 0 Å². The van der Waals surface area contributed by atoms with Crippen molar-refractivity contribution in [3.8, 4) is 5.75 Å². The van der Waals surface area contributed by atoms with Gasteiger partial charge in [0, 0.05) is 29.4 Å². The lowest BCUT2D eigenvalue weighted by atomic mass is 10.0. The minimum absolute atomic E-state index is 0.0276. The molecule has 0 spiro atoms. The van der Waals surface area contributed by atoms with Gasteiger partial charge in [-0.25, -0.2) is 4.79 Å². The van der Waals surface area contributed by atoms with Gasteiger partial charge >= 0.3 is 11.9 Å². The lowest BCUT2D eigenvalue weighted by Crippen LogP contribution is -2.54. The third-order valence-electron chi connectivity index (χ3n) is 5.91. The Morgan fingerprint density at radius 3 is 2.32 bits per heavy atom. The summed E-state index contributed by atoms with van der Waals surface area (Å²) in [6.45, 7) is -0.0687. The highest BCUT2D eigenvalue weighted by molar-refractivity contribution is 7.80. The Labute approximate surface area is 224 Å². The summed E-state index contributed by atoms with van der Waals surface area (Å²) >= 11 is 3.97. The van der Waals surface area contributed by atoms with Crippen LogP contribution in [0, 0.1) is 0 Å². The standard InChI is InChI=1S/C26H30N4O7S/c31-18-7-5-15(6-8-18)9-21(25(35)30-22(14-38)26(36)37)28-13-17(11-24(33)34)29-23(32)10-16-12-27-20-4-2-1-3-19(16)20/h1-8,12,17,21-22,27-28,31,38H,9-11,13-14H2,(H,29,32)(H,30,35)(H,33,34)(H,36,37). The normalized spacial score (nSPS) is 13.4. The highest BCUT2D eigenvalue weighted by Crippen LogP contribution is 2.18. The zero-order valence-corrected chi connectivity index (χ0v) is 21.3. The van der Waals surface area contributed by atoms with E-state index >= 15 is 0 Å². The average molecular weight is 543 g/mol. The van der Waals surface area contributed by atoms with Crippen LogP contribution in [-0.4, -0.2) is 74.5 Å². The molecule has 0 aliphatic rings. The predicted octanol–water partition coefficient (Wildman–Crippen LogP) is 1.08. The number of hydrogen-bond acceptors (Lipinski definition) is 7. The fourth-order valence-corrected chi connectivity index (χ4v) is 4.23. The Bertz CT molecular complexity index is 1280. The molecule has 1 aromatic heterocycles. The zero-order valence-electron chi connectivity index (χ0n) is 20.4. The zero-order chi connectivity index (χ0) is 27.7. The maximum absolute atomic E-state index is 13.0. The maximum Gasteiger partial charge on any atom is 0.327 e. The third kappa shape index (κ3) is 8.25. The van der Waals surface area contributed by atoms with Crippen LogP contribution in [0.2, 0.25) is 0 Å². The number of carbonyl (C=O) groups excluding carboxylic acids is 2. The van der Waals surface area contributed by atoms with Crippen LogP contribution in [0.4, 0.5) is 0 Å². The van der Waals surface area contributed by atoms with Crippen molar-refractivity contribution in [3.05, 3.63) is 65.9 Å². The van der Waals surface area contributed by atoms with Crippen molar-refractivity contribution >= 4 is 47.3 Å². The molecule has 2 amide bonds. The second-order valence-corrected chi connectivity index (χ2v) is 9.18. The van der Waals surface area contributed by atoms with Crippen LogP contribution in [0.25, 0.3) is 10.9 Å². The SMILES string of the molecule is O=C(O)CC(CNC(Cc1ccc(O)cc1)C(=O)NC(CS)C(=O)O)NC(=O)Cc1c[nH]c2ccccc12. The van der Waals surface area contributed by atoms with E-state index in [9.17, 15) is 34.5 Å². The number of amides is 2. The van der Waals surface area contributed by atoms with E-state index in [1.54, 1.807) is 18.3 Å². The van der Waals surface area contributed by atoms with Crippen molar-refractivity contribution < 1.29 is 34.5 Å². The highest BCUT2D eigenvalue weighted by Gasteiger charge is 2.26. The largest absolute Gasteiger partial charge is 0.508 e. The smallest absolute Gasteiger partial charge is 0.327 e. The maximum atomic E-state index is 13.0. The molecule has 3 atom stereocenters. The van der Waals surface area contributed by atoms with Gasteiger partial charge in [-0.15, -0.1) is 0 Å². The van der Waals surface area contributed by atoms with Crippen LogP contribution in [-0.2, 0) is 32.0 Å². The Kier molecular flexibility index (Phi) is 10.1. The summed E-state index contributed by atoms with van der Waals surface area (Å²) in [5.41, 5.74) is 2.31. The van der Waals surface area contributed by atoms with E-state index in [2.05, 4.69) is 33.6 Å². The number of hydrogen-bond donors (Lipinski definition) is 8. The van der Waals surface area contributed by atoms with Gasteiger partial charge in [0.1, 0.15) is 11.8 Å². The van der Waals surface area contributed by atoms with Gasteiger partial charge in [0.25, 0.3) is 0 Å². The summed E-state index contributed by atoms with van der Waals surface area (Å²) in [5, 5.41) is 37.2. The number of aromatic hydroxyl groups is 1. The molecule has 7 N–H and O–H groups in total. The first-order valence-electron chi connectivity index (χ1n) is 11.9. The summed E-state index contributed by atoms with van der Waals surface area (Å²) < 4.78 is 0. The van der Waals surface area contributed by atoms with Crippen molar-refractivity contribution in [2.24, 2.45) is 0 Å². The minimum Gasteiger partial charge on any atom is -0.508 e. The Hall–Kier alpha value is -4.03. The summed E-state index contributed by atoms with van der Waals surface area (Å²) in [7, 11) is 0. The number of phenols is 1. The number of H-pyrrole nitrogens is 1. The summed E-state index contributed by atoms with van der Waals surface area (Å²) in [6.07, 6.45) is 1.48. The molecule has 12 heteroatoms. The van der Waals surface area contributed by atoms with Gasteiger partial charge in [-0.1, -0.05) is 30.3 Å². The first-order chi connectivity index (χ1) is 18.2. The molecule has 2 aromatic carbocycles. The second-order valence-electron chi connectivity index (χ2n) is 8.81. The Morgan fingerprint density at radius 2 is 1.66 bits per heavy atom. The molecule has 11 nitrogen and oxygen atoms in total. The van der Waals surface area contributed by atoms with Gasteiger partial charge in [0.15, 0.2) is 0 Å². The fourth-order valence-electron chi connectivity index (χ4n) is 3.98. The van der Waals surface area contributed by atoms with Gasteiger partial charge in [0.05, 0.1) is 24.9 Å². The van der Waals surface area contributed by atoms with E-state index in [0.717, 1.165) is 16.5 Å². The number of aromatic nitrogens is 1. The molecule has 3 aromatic rings. The Morgan fingerprint density at radius 1 is 0.947 bits per heavy atom. The number of carbonyl (C=O) groups is 4. The number of carboxylic acids is 2. The molecular formula is C26H30N4O7S. The summed E-state index contributed by atoms with van der Waals surface area (Å²) in [5.74, 6) is -3.47. The topological polar surface area (TPSA) is 181 Å². The van der Waals surface area contributed by atoms with Gasteiger partial charge in [-0.3, -0.25) is 14.4 Å². The monoisotopic (exact) mass is 542 g/mol. The predicted molar refractivity (Wildman–Crippen MR) is 143 cm³/mol. The molecule has 38 heavy (non-hydrogen) atoms. The molecule has 0 aliphatic heterocycles. The molecule has 0 bridgehead atoms. The first-order valence-corrected chi connectivity index (χ1v) is 12.5. The molecular weight excluding hydrogens is 512 g/mol. The van der Waals surface area contributed by atoms with E-state index in [0.29, 0.717) is 5.56 Å². The number of nitrogens with one attached hydrogen (secondary N) is 4. The van der Waals surface area contributed by atoms with Crippen LogP contribution in [0.1, 0.15) is 17.5 Å². The van der Waals surface area contributed by atoms with Crippen molar-refractivity contribution in [1.29, 1.82) is 0 Å². The van der Waals surface area contributed by atoms with E-state index < -0.39 is 42.4 Å². The van der Waals surface area contributed by atoms with Gasteiger partial charge < -0.3 is 36.3 Å². The van der Waals surface area contributed by atoms with Crippen LogP contribution in [0.3, 0.4) is 0 Å². The lowest BCUT2D eigenvalue weighted by molar-refractivity contribution is -0.141. The second kappa shape index (κ2) is 13.5. The van der Waals surface area contributed by atoms with Gasteiger partial charge in [-0.05, 0) is 35.7 Å². The average Bonchev–Trinajstić information content (AvgIpc) is 3.27. The number of aromatic amines is 1. The molecule has 0 aliphatic carbocycles. The lowest BCUT2D eigenvalue weighted by Gasteiger charge is -2.24. The fraction of sp³-hybridized carbons (Fsp3) is 0.308. The van der Waals surface area contributed by atoms with Crippen LogP contribution in [0.5, 0.6) is 5.75 Å². The summed E-state index contributed by atoms with van der Waals surface area (Å²) in [6, 6.07) is 10.6.